The molecule has 0 aliphatic carbocycles. The fraction of sp³-hybridized carbons (Fsp3) is 0.0909. The number of ether oxygens (including phenoxy) is 1. The molecular weight excluding hydrogens is 213 g/mol. The second-order valence-electron chi connectivity index (χ2n) is 2.96. The molecule has 0 saturated carbocycles. The van der Waals surface area contributed by atoms with Crippen LogP contribution in [0, 0.1) is 5.82 Å². The molecule has 0 bridgehead atoms. The van der Waals surface area contributed by atoms with E-state index in [4.69, 9.17) is 5.73 Å². The lowest BCUT2D eigenvalue weighted by Gasteiger charge is -1.97. The molecule has 5 heteroatoms. The zero-order valence-electron chi connectivity index (χ0n) is 8.35. The van der Waals surface area contributed by atoms with Crippen LogP contribution in [0.1, 0.15) is 5.56 Å². The minimum absolute atomic E-state index is 0.396. The average molecular weight is 223 g/mol. The summed E-state index contributed by atoms with van der Waals surface area (Å²) >= 11 is 0. The maximum Gasteiger partial charge on any atom is 0.331 e. The first-order chi connectivity index (χ1) is 7.58. The lowest BCUT2D eigenvalue weighted by molar-refractivity contribution is -0.142. The van der Waals surface area contributed by atoms with Gasteiger partial charge in [-0.25, -0.2) is 9.18 Å². The molecule has 16 heavy (non-hydrogen) atoms. The quantitative estimate of drug-likeness (QED) is 0.608. The number of amides is 1. The molecule has 0 fully saturated rings. The minimum atomic E-state index is -0.729. The highest BCUT2D eigenvalue weighted by Crippen LogP contribution is 2.05. The number of hydrogen-bond donors (Lipinski definition) is 1. The number of carbonyl (C=O) groups excluding carboxylic acids is 2. The summed E-state index contributed by atoms with van der Waals surface area (Å²) in [5.74, 6) is -1.83. The van der Waals surface area contributed by atoms with Gasteiger partial charge in [0.05, 0.1) is 0 Å². The van der Waals surface area contributed by atoms with Crippen molar-refractivity contribution < 1.29 is 18.7 Å². The van der Waals surface area contributed by atoms with Crippen molar-refractivity contribution in [2.75, 3.05) is 6.61 Å². The van der Waals surface area contributed by atoms with E-state index in [9.17, 15) is 14.0 Å². The molecular formula is C11H10FNO3. The van der Waals surface area contributed by atoms with Crippen LogP contribution < -0.4 is 5.73 Å². The molecule has 0 aliphatic rings. The van der Waals surface area contributed by atoms with Crippen LogP contribution in [-0.4, -0.2) is 18.5 Å². The number of hydrogen-bond acceptors (Lipinski definition) is 3. The van der Waals surface area contributed by atoms with Gasteiger partial charge < -0.3 is 10.5 Å². The fourth-order valence-electron chi connectivity index (χ4n) is 0.965. The van der Waals surface area contributed by atoms with Crippen LogP contribution in [0.15, 0.2) is 30.3 Å². The molecule has 2 N–H and O–H groups in total. The van der Waals surface area contributed by atoms with Gasteiger partial charge in [0, 0.05) is 6.08 Å². The van der Waals surface area contributed by atoms with Crippen LogP contribution >= 0.6 is 0 Å². The zero-order valence-corrected chi connectivity index (χ0v) is 8.35. The molecule has 0 aromatic heterocycles. The van der Waals surface area contributed by atoms with Crippen LogP contribution in [0.25, 0.3) is 6.08 Å². The Morgan fingerprint density at radius 3 is 2.81 bits per heavy atom. The largest absolute Gasteiger partial charge is 0.452 e. The lowest BCUT2D eigenvalue weighted by Crippen LogP contribution is -2.19. The smallest absolute Gasteiger partial charge is 0.331 e. The van der Waals surface area contributed by atoms with Crippen molar-refractivity contribution in [3.63, 3.8) is 0 Å². The molecule has 1 amide bonds. The highest BCUT2D eigenvalue weighted by atomic mass is 19.1. The molecule has 1 aromatic rings. The first-order valence-electron chi connectivity index (χ1n) is 4.46. The van der Waals surface area contributed by atoms with Crippen LogP contribution in [0.2, 0.25) is 0 Å². The lowest BCUT2D eigenvalue weighted by atomic mass is 10.2. The van der Waals surface area contributed by atoms with Crippen molar-refractivity contribution in [2.24, 2.45) is 5.73 Å². The predicted octanol–water partition coefficient (Wildman–Crippen LogP) is 0.867. The van der Waals surface area contributed by atoms with Gasteiger partial charge in [-0.1, -0.05) is 12.1 Å². The number of nitrogens with two attached hydrogens (primary N) is 1. The Morgan fingerprint density at radius 1 is 1.44 bits per heavy atom. The molecule has 1 aromatic carbocycles. The molecule has 0 unspecified atom stereocenters. The van der Waals surface area contributed by atoms with Gasteiger partial charge in [0.2, 0.25) is 0 Å². The van der Waals surface area contributed by atoms with Crippen LogP contribution in [0.3, 0.4) is 0 Å². The average Bonchev–Trinajstić information content (AvgIpc) is 2.23. The van der Waals surface area contributed by atoms with Gasteiger partial charge in [-0.3, -0.25) is 4.79 Å². The number of carbonyl (C=O) groups is 2. The number of esters is 1. The minimum Gasteiger partial charge on any atom is -0.452 e. The van der Waals surface area contributed by atoms with Crippen LogP contribution in [0.4, 0.5) is 4.39 Å². The summed E-state index contributed by atoms with van der Waals surface area (Å²) in [5.41, 5.74) is 5.30. The van der Waals surface area contributed by atoms with Crippen molar-refractivity contribution >= 4 is 18.0 Å². The van der Waals surface area contributed by atoms with Gasteiger partial charge >= 0.3 is 5.97 Å². The van der Waals surface area contributed by atoms with Crippen molar-refractivity contribution in [1.29, 1.82) is 0 Å². The van der Waals surface area contributed by atoms with E-state index in [0.29, 0.717) is 5.56 Å². The van der Waals surface area contributed by atoms with E-state index in [1.165, 1.54) is 24.3 Å². The number of primary amides is 1. The highest BCUT2D eigenvalue weighted by molar-refractivity contribution is 5.88. The van der Waals surface area contributed by atoms with E-state index >= 15 is 0 Å². The Hall–Kier alpha value is -2.17. The van der Waals surface area contributed by atoms with Gasteiger partial charge in [-0.2, -0.15) is 0 Å². The van der Waals surface area contributed by atoms with Crippen molar-refractivity contribution in [1.82, 2.24) is 0 Å². The summed E-state index contributed by atoms with van der Waals surface area (Å²) in [6, 6.07) is 5.70. The summed E-state index contributed by atoms with van der Waals surface area (Å²) in [5, 5.41) is 0. The van der Waals surface area contributed by atoms with Crippen molar-refractivity contribution in [2.45, 2.75) is 0 Å². The van der Waals surface area contributed by atoms with Crippen molar-refractivity contribution in [3.05, 3.63) is 41.7 Å². The first kappa shape index (κ1) is 11.9. The maximum absolute atomic E-state index is 12.7. The third-order valence-electron chi connectivity index (χ3n) is 1.62. The number of benzene rings is 1. The van der Waals surface area contributed by atoms with E-state index in [0.717, 1.165) is 6.08 Å². The topological polar surface area (TPSA) is 69.4 Å². The summed E-state index contributed by atoms with van der Waals surface area (Å²) in [6.45, 7) is -0.466. The highest BCUT2D eigenvalue weighted by Gasteiger charge is 1.99. The number of rotatable bonds is 4. The molecule has 84 valence electrons. The second kappa shape index (κ2) is 5.65. The van der Waals surface area contributed by atoms with Gasteiger partial charge in [0.1, 0.15) is 5.82 Å². The molecule has 0 radical (unpaired) electrons. The molecule has 0 saturated heterocycles. The molecule has 0 atom stereocenters. The van der Waals surface area contributed by atoms with Gasteiger partial charge in [0.15, 0.2) is 6.61 Å². The Labute approximate surface area is 91.5 Å². The summed E-state index contributed by atoms with van der Waals surface area (Å²) < 4.78 is 17.2. The molecule has 0 aliphatic heterocycles. The summed E-state index contributed by atoms with van der Waals surface area (Å²) in [6.07, 6.45) is 2.48. The molecule has 0 heterocycles. The van der Waals surface area contributed by atoms with Gasteiger partial charge in [0.25, 0.3) is 5.91 Å². The summed E-state index contributed by atoms with van der Waals surface area (Å²) in [7, 11) is 0. The monoisotopic (exact) mass is 223 g/mol. The number of halogens is 1. The Balaban J connectivity index is 2.53. The molecule has 1 rings (SSSR count). The SMILES string of the molecule is NC(=O)COC(=O)/C=C/c1cccc(F)c1. The third kappa shape index (κ3) is 4.36. The predicted molar refractivity (Wildman–Crippen MR) is 55.6 cm³/mol. The van der Waals surface area contributed by atoms with E-state index in [1.54, 1.807) is 6.07 Å². The van der Waals surface area contributed by atoms with E-state index in [2.05, 4.69) is 4.74 Å². The first-order valence-corrected chi connectivity index (χ1v) is 4.46. The normalized spacial score (nSPS) is 10.3. The second-order valence-corrected chi connectivity index (χ2v) is 2.96. The van der Waals surface area contributed by atoms with E-state index in [1.807, 2.05) is 0 Å². The molecule has 4 nitrogen and oxygen atoms in total. The third-order valence-corrected chi connectivity index (χ3v) is 1.62. The van der Waals surface area contributed by atoms with Crippen LogP contribution in [-0.2, 0) is 14.3 Å². The van der Waals surface area contributed by atoms with E-state index < -0.39 is 24.3 Å². The Kier molecular flexibility index (Phi) is 4.20. The van der Waals surface area contributed by atoms with Crippen molar-refractivity contribution in [3.8, 4) is 0 Å². The standard InChI is InChI=1S/C11H10FNO3/c12-9-3-1-2-8(6-9)4-5-11(15)16-7-10(13)14/h1-6H,7H2,(H2,13,14)/b5-4+. The van der Waals surface area contributed by atoms with Crippen LogP contribution in [0.5, 0.6) is 0 Å². The maximum atomic E-state index is 12.7. The van der Waals surface area contributed by atoms with Gasteiger partial charge in [-0.15, -0.1) is 0 Å². The van der Waals surface area contributed by atoms with E-state index in [-0.39, 0.29) is 0 Å². The fourth-order valence-corrected chi connectivity index (χ4v) is 0.965. The molecule has 0 spiro atoms. The Morgan fingerprint density at radius 2 is 2.19 bits per heavy atom. The van der Waals surface area contributed by atoms with Gasteiger partial charge in [-0.05, 0) is 23.8 Å². The zero-order chi connectivity index (χ0) is 12.0. The summed E-state index contributed by atoms with van der Waals surface area (Å²) in [4.78, 5) is 21.3. The Bertz CT molecular complexity index is 429.